The van der Waals surface area contributed by atoms with Gasteiger partial charge in [0.05, 0.1) is 8.07 Å². The van der Waals surface area contributed by atoms with Gasteiger partial charge in [-0.2, -0.15) is 0 Å². The number of rotatable bonds is 8. The second-order valence-electron chi connectivity index (χ2n) is 20.2. The molecule has 6 fully saturated rings. The average molecular weight is 747 g/mol. The summed E-state index contributed by atoms with van der Waals surface area (Å²) in [6.45, 7) is 11.4. The lowest BCUT2D eigenvalue weighted by molar-refractivity contribution is 0.118. The van der Waals surface area contributed by atoms with Gasteiger partial charge in [-0.05, 0) is 157 Å². The first kappa shape index (κ1) is 36.1. The predicted octanol–water partition coefficient (Wildman–Crippen LogP) is 14.0. The van der Waals surface area contributed by atoms with Crippen molar-refractivity contribution in [1.82, 2.24) is 0 Å². The van der Waals surface area contributed by atoms with E-state index in [1.165, 1.54) is 87.0 Å². The molecule has 0 heterocycles. The highest BCUT2D eigenvalue weighted by Crippen LogP contribution is 2.69. The summed E-state index contributed by atoms with van der Waals surface area (Å²) in [4.78, 5) is 5.73. The molecule has 10 rings (SSSR count). The van der Waals surface area contributed by atoms with Crippen LogP contribution in [0, 0.1) is 59.2 Å². The van der Waals surface area contributed by atoms with Crippen molar-refractivity contribution in [2.75, 3.05) is 9.80 Å². The number of nitrogens with zero attached hydrogens (tertiary/aromatic N) is 2. The van der Waals surface area contributed by atoms with Gasteiger partial charge in [-0.15, -0.1) is 0 Å². The van der Waals surface area contributed by atoms with Crippen LogP contribution in [-0.2, 0) is 0 Å². The fraction of sp³-hybridized carbons (Fsp3) is 0.538. The monoisotopic (exact) mass is 746 g/mol. The third kappa shape index (κ3) is 6.07. The zero-order valence-corrected chi connectivity index (χ0v) is 35.1. The van der Waals surface area contributed by atoms with Crippen LogP contribution in [0.5, 0.6) is 0 Å². The van der Waals surface area contributed by atoms with E-state index in [1.807, 2.05) is 0 Å². The van der Waals surface area contributed by atoms with Crippen molar-refractivity contribution in [1.29, 1.82) is 0 Å². The van der Waals surface area contributed by atoms with Crippen molar-refractivity contribution < 1.29 is 0 Å². The summed E-state index contributed by atoms with van der Waals surface area (Å²) < 4.78 is 0. The molecule has 0 N–H and O–H groups in total. The van der Waals surface area contributed by atoms with E-state index in [2.05, 4.69) is 158 Å². The van der Waals surface area contributed by atoms with E-state index in [1.54, 1.807) is 0 Å². The van der Waals surface area contributed by atoms with Gasteiger partial charge in [-0.25, -0.2) is 0 Å². The van der Waals surface area contributed by atoms with Crippen LogP contribution < -0.4 is 9.80 Å². The Kier molecular flexibility index (Phi) is 9.56. The normalized spacial score (nSPS) is 37.8. The first-order valence-electron chi connectivity index (χ1n) is 22.7. The Morgan fingerprint density at radius 3 is 1.05 bits per heavy atom. The van der Waals surface area contributed by atoms with Gasteiger partial charge in [0.15, 0.2) is 0 Å². The first-order chi connectivity index (χ1) is 26.9. The van der Waals surface area contributed by atoms with Crippen LogP contribution in [0.25, 0.3) is 0 Å². The Bertz CT molecular complexity index is 1660. The quantitative estimate of drug-likeness (QED) is 0.166. The molecular formula is C52H66N2Si. The van der Waals surface area contributed by atoms with E-state index < -0.39 is 8.07 Å². The van der Waals surface area contributed by atoms with Crippen LogP contribution >= 0.6 is 0 Å². The molecule has 0 saturated heterocycles. The lowest BCUT2D eigenvalue weighted by Gasteiger charge is -2.54. The summed E-state index contributed by atoms with van der Waals surface area (Å²) in [5.74, 6) is 8.33. The van der Waals surface area contributed by atoms with Crippen molar-refractivity contribution in [3.8, 4) is 0 Å². The molecule has 4 aromatic rings. The largest absolute Gasteiger partial charge is 0.338 e. The van der Waals surface area contributed by atoms with Crippen molar-refractivity contribution in [3.63, 3.8) is 0 Å². The number of hydrogen-bond donors (Lipinski definition) is 0. The molecule has 14 atom stereocenters. The molecule has 2 nitrogen and oxygen atoms in total. The van der Waals surface area contributed by atoms with E-state index in [0.29, 0.717) is 12.1 Å². The zero-order valence-electron chi connectivity index (χ0n) is 34.1. The van der Waals surface area contributed by atoms with Gasteiger partial charge < -0.3 is 9.80 Å². The maximum Gasteiger partial charge on any atom is 0.0546 e. The number of anilines is 4. The summed E-state index contributed by atoms with van der Waals surface area (Å²) in [5, 5.41) is 0. The van der Waals surface area contributed by atoms with E-state index in [4.69, 9.17) is 0 Å². The Morgan fingerprint density at radius 2 is 0.727 bits per heavy atom. The molecule has 0 amide bonds. The van der Waals surface area contributed by atoms with Crippen molar-refractivity contribution in [2.24, 2.45) is 59.2 Å². The maximum absolute atomic E-state index is 2.95. The number of benzene rings is 4. The minimum atomic E-state index is -1.75. The van der Waals surface area contributed by atoms with Crippen LogP contribution in [0.2, 0.25) is 24.2 Å². The Balaban J connectivity index is 1.02. The summed E-state index contributed by atoms with van der Waals surface area (Å²) in [6, 6.07) is 47.4. The Morgan fingerprint density at radius 1 is 0.400 bits per heavy atom. The summed E-state index contributed by atoms with van der Waals surface area (Å²) >= 11 is 0. The molecule has 0 aliphatic heterocycles. The molecule has 0 bridgehead atoms. The van der Waals surface area contributed by atoms with E-state index >= 15 is 0 Å². The predicted molar refractivity (Wildman–Crippen MR) is 235 cm³/mol. The summed E-state index contributed by atoms with van der Waals surface area (Å²) in [7, 11) is -1.75. The molecule has 6 saturated carbocycles. The zero-order chi connectivity index (χ0) is 37.3. The molecular weight excluding hydrogens is 681 g/mol. The number of para-hydroxylation sites is 4. The molecule has 6 aliphatic rings. The summed E-state index contributed by atoms with van der Waals surface area (Å²) in [5.41, 5.74) is 7.47. The van der Waals surface area contributed by atoms with Gasteiger partial charge >= 0.3 is 0 Å². The fourth-order valence-corrected chi connectivity index (χ4v) is 22.8. The van der Waals surface area contributed by atoms with Crippen LogP contribution in [0.1, 0.15) is 78.1 Å². The molecule has 0 spiro atoms. The molecule has 0 aromatic heterocycles. The van der Waals surface area contributed by atoms with Gasteiger partial charge in [0.1, 0.15) is 0 Å². The lowest BCUT2D eigenvalue weighted by atomic mass is 9.66. The van der Waals surface area contributed by atoms with Gasteiger partial charge in [0.2, 0.25) is 0 Å². The highest BCUT2D eigenvalue weighted by Gasteiger charge is 2.64. The van der Waals surface area contributed by atoms with E-state index in [9.17, 15) is 0 Å². The second-order valence-corrected chi connectivity index (χ2v) is 25.2. The Labute approximate surface area is 334 Å². The topological polar surface area (TPSA) is 6.48 Å². The van der Waals surface area contributed by atoms with Gasteiger partial charge in [0, 0.05) is 34.8 Å². The molecule has 6 aliphatic carbocycles. The van der Waals surface area contributed by atoms with Crippen molar-refractivity contribution >= 4 is 30.8 Å². The standard InChI is InChI=1S/C52H66N2Si/c1-35-31-45-47(33-37-19-17-29-43(37)49(45)53(39-21-9-5-10-22-39)40-23-11-6-12-24-40)51(35)55(3,4)52-36(2)32-46-48(52)34-38-20-18-30-44(38)50(46)54(41-25-13-7-14-26-41)42-27-15-8-16-28-42/h5-16,21-28,35-38,43-52H,17-20,29-34H2,1-4H3. The van der Waals surface area contributed by atoms with Crippen molar-refractivity contribution in [3.05, 3.63) is 121 Å². The molecule has 3 heteroatoms. The third-order valence-corrected chi connectivity index (χ3v) is 22.8. The number of fused-ring (bicyclic) bond motifs is 4. The van der Waals surface area contributed by atoms with Crippen molar-refractivity contribution in [2.45, 2.75) is 114 Å². The molecule has 288 valence electrons. The Hall–Kier alpha value is -3.30. The SMILES string of the molecule is CC1CC2C(CC3CCCC3C2N(c2ccccc2)c2ccccc2)C1[Si](C)(C)C1C(C)CC2C1CC1CCCC1C2N(c1ccccc1)c1ccccc1. The van der Waals surface area contributed by atoms with Crippen LogP contribution in [0.15, 0.2) is 121 Å². The molecule has 0 radical (unpaired) electrons. The van der Waals surface area contributed by atoms with Crippen LogP contribution in [0.4, 0.5) is 22.7 Å². The van der Waals surface area contributed by atoms with Crippen LogP contribution in [-0.4, -0.2) is 20.2 Å². The second kappa shape index (κ2) is 14.6. The smallest absolute Gasteiger partial charge is 0.0546 e. The maximum atomic E-state index is 2.95. The minimum Gasteiger partial charge on any atom is -0.338 e. The highest BCUT2D eigenvalue weighted by molar-refractivity contribution is 6.80. The van der Waals surface area contributed by atoms with Gasteiger partial charge in [-0.1, -0.05) is 125 Å². The fourth-order valence-electron chi connectivity index (χ4n) is 16.2. The minimum absolute atomic E-state index is 0.602. The molecule has 55 heavy (non-hydrogen) atoms. The van der Waals surface area contributed by atoms with E-state index in [0.717, 1.165) is 70.3 Å². The molecule has 4 aromatic carbocycles. The third-order valence-electron chi connectivity index (χ3n) is 17.3. The summed E-state index contributed by atoms with van der Waals surface area (Å²) in [6.07, 6.45) is 14.5. The number of hydrogen-bond acceptors (Lipinski definition) is 2. The average Bonchev–Trinajstić information content (AvgIpc) is 4.01. The van der Waals surface area contributed by atoms with Gasteiger partial charge in [0.25, 0.3) is 0 Å². The van der Waals surface area contributed by atoms with Crippen LogP contribution in [0.3, 0.4) is 0 Å². The highest BCUT2D eigenvalue weighted by atomic mass is 28.3. The first-order valence-corrected chi connectivity index (χ1v) is 25.8. The van der Waals surface area contributed by atoms with E-state index in [-0.39, 0.29) is 0 Å². The van der Waals surface area contributed by atoms with Gasteiger partial charge in [-0.3, -0.25) is 0 Å². The molecule has 14 unspecified atom stereocenters. The lowest BCUT2D eigenvalue weighted by Crippen LogP contribution is -2.54.